The van der Waals surface area contributed by atoms with Gasteiger partial charge in [0.05, 0.1) is 18.9 Å². The van der Waals surface area contributed by atoms with Gasteiger partial charge in [-0.1, -0.05) is 60.7 Å². The molecular weight excluding hydrogens is 991 g/mol. The molecule has 74 heavy (non-hydrogen) atoms. The Balaban J connectivity index is 2.16. The minimum Gasteiger partial charge on any atom is -0.481 e. The number of ketones is 2. The smallest absolute Gasteiger partial charge is 0.327 e. The van der Waals surface area contributed by atoms with Gasteiger partial charge in [0.1, 0.15) is 30.0 Å². The second-order valence-electron chi connectivity index (χ2n) is 17.2. The summed E-state index contributed by atoms with van der Waals surface area (Å²) in [5.74, 6) is -10.2. The van der Waals surface area contributed by atoms with Gasteiger partial charge in [0, 0.05) is 64.4 Å². The number of hydrogen-bond acceptors (Lipinski definition) is 15. The molecule has 7 atom stereocenters. The molecule has 9 N–H and O–H groups in total. The maximum atomic E-state index is 14.2. The van der Waals surface area contributed by atoms with Gasteiger partial charge >= 0.3 is 29.9 Å². The van der Waals surface area contributed by atoms with Crippen LogP contribution in [0, 0.1) is 5.92 Å². The van der Waals surface area contributed by atoms with Crippen LogP contribution >= 0.6 is 11.8 Å². The quantitative estimate of drug-likeness (QED) is 0.0257. The predicted molar refractivity (Wildman–Crippen MR) is 266 cm³/mol. The topological polar surface area (TPSA) is 362 Å². The summed E-state index contributed by atoms with van der Waals surface area (Å²) in [5.41, 5.74) is 1.40. The van der Waals surface area contributed by atoms with Crippen molar-refractivity contribution in [1.29, 1.82) is 0 Å². The van der Waals surface area contributed by atoms with Crippen molar-refractivity contribution in [2.45, 2.75) is 113 Å². The molecule has 0 fully saturated rings. The molecule has 2 aromatic rings. The van der Waals surface area contributed by atoms with Crippen LogP contribution in [0.1, 0.15) is 75.3 Å². The van der Waals surface area contributed by atoms with Gasteiger partial charge in [-0.15, -0.1) is 0 Å². The summed E-state index contributed by atoms with van der Waals surface area (Å²) in [6, 6.07) is 9.76. The molecule has 0 saturated heterocycles. The number of urea groups is 1. The Morgan fingerprint density at radius 2 is 1.24 bits per heavy atom. The summed E-state index contributed by atoms with van der Waals surface area (Å²) in [6.07, 6.45) is -1.83. The molecule has 25 heteroatoms. The largest absolute Gasteiger partial charge is 0.481 e. The number of carboxylic acid groups (broad SMARTS) is 4. The van der Waals surface area contributed by atoms with E-state index in [2.05, 4.69) is 31.3 Å². The Bertz CT molecular complexity index is 2240. The van der Waals surface area contributed by atoms with Crippen LogP contribution in [0.2, 0.25) is 0 Å². The van der Waals surface area contributed by atoms with Crippen molar-refractivity contribution < 1.29 is 82.7 Å². The highest BCUT2D eigenvalue weighted by Gasteiger charge is 2.38. The fraction of sp³-hybridized carbons (Fsp3) is 0.510. The Hall–Kier alpha value is -7.41. The lowest BCUT2D eigenvalue weighted by Gasteiger charge is -2.34. The number of aliphatic carboxylic acids is 4. The minimum absolute atomic E-state index is 0.00386. The highest BCUT2D eigenvalue weighted by molar-refractivity contribution is 7.98. The number of nitrogens with zero attached hydrogens (tertiary/aromatic N) is 2. The van der Waals surface area contributed by atoms with E-state index in [1.54, 1.807) is 66.9 Å². The Morgan fingerprint density at radius 3 is 1.78 bits per heavy atom. The zero-order valence-electron chi connectivity index (χ0n) is 41.7. The number of thioether (sulfide) groups is 1. The highest BCUT2D eigenvalue weighted by atomic mass is 32.2. The molecule has 0 aliphatic heterocycles. The minimum atomic E-state index is -1.61. The first-order valence-electron chi connectivity index (χ1n) is 23.6. The average Bonchev–Trinajstić information content (AvgIpc) is 3.36. The number of unbranched alkanes of at least 4 members (excludes halogenated alkanes) is 1. The van der Waals surface area contributed by atoms with Crippen molar-refractivity contribution >= 4 is 83.3 Å². The zero-order chi connectivity index (χ0) is 55.3. The third-order valence-electron chi connectivity index (χ3n) is 11.7. The first-order chi connectivity index (χ1) is 35.1. The summed E-state index contributed by atoms with van der Waals surface area (Å²) in [4.78, 5) is 153. The number of benzene rings is 2. The van der Waals surface area contributed by atoms with Crippen LogP contribution < -0.4 is 26.6 Å². The number of carboxylic acids is 4. The number of amides is 6. The number of carbonyl (C=O) groups excluding carboxylic acids is 8. The second-order valence-corrected chi connectivity index (χ2v) is 18.1. The molecule has 0 aliphatic rings. The van der Waals surface area contributed by atoms with Gasteiger partial charge in [-0.25, -0.2) is 14.4 Å². The van der Waals surface area contributed by atoms with E-state index in [4.69, 9.17) is 5.11 Å². The molecule has 0 radical (unpaired) electrons. The summed E-state index contributed by atoms with van der Waals surface area (Å²) < 4.78 is 4.62. The lowest BCUT2D eigenvalue weighted by atomic mass is 9.89. The zero-order valence-corrected chi connectivity index (χ0v) is 42.5. The van der Waals surface area contributed by atoms with Crippen molar-refractivity contribution in [2.24, 2.45) is 5.92 Å². The molecule has 0 saturated carbocycles. The molecule has 2 rings (SSSR count). The molecule has 406 valence electrons. The first-order valence-corrected chi connectivity index (χ1v) is 25.0. The molecule has 2 aromatic carbocycles. The monoisotopic (exact) mass is 1060 g/mol. The van der Waals surface area contributed by atoms with E-state index in [1.807, 2.05) is 0 Å². The molecule has 0 unspecified atom stereocenters. The molecule has 0 heterocycles. The van der Waals surface area contributed by atoms with Crippen molar-refractivity contribution in [3.05, 3.63) is 71.8 Å². The van der Waals surface area contributed by atoms with Gasteiger partial charge < -0.3 is 61.5 Å². The highest BCUT2D eigenvalue weighted by Crippen LogP contribution is 2.18. The van der Waals surface area contributed by atoms with Crippen LogP contribution in [-0.4, -0.2) is 178 Å². The summed E-state index contributed by atoms with van der Waals surface area (Å²) in [6.45, 7) is -0.379. The van der Waals surface area contributed by atoms with Crippen LogP contribution in [0.25, 0.3) is 0 Å². The number of hydrogen-bond donors (Lipinski definition) is 9. The number of rotatable bonds is 37. The molecule has 0 aliphatic carbocycles. The standard InChI is InChI=1S/C49H67N7O17S/c1-50-36(45(66)55(2)37(26-43(63)64)46(67)56(3)38(28-74-4)48(70)71)27-51-44(65)32(23-30-13-7-5-8-14-30)25-39(59)35(24-31-15-9-6-10-16-31)52-40(60)18-12-11-17-33(58)19-20-34(47(68)69)53-49(72)54-41(73-29-57)21-22-42(61)62/h5-10,13-16,29,32,34-38,41,50H,11-12,17-28H2,1-4H3,(H,51,65)(H,52,60)(H,61,62)(H,63,64)(H,68,69)(H,70,71)(H2,53,54,72)/t32-,34+,35+,36+,37+,38+,41-/m1/s1. The maximum Gasteiger partial charge on any atom is 0.327 e. The van der Waals surface area contributed by atoms with Crippen LogP contribution in [0.4, 0.5) is 4.79 Å². The third-order valence-corrected chi connectivity index (χ3v) is 12.4. The van der Waals surface area contributed by atoms with Crippen LogP contribution in [0.15, 0.2) is 60.7 Å². The Labute approximate surface area is 432 Å². The number of carbonyl (C=O) groups is 12. The summed E-state index contributed by atoms with van der Waals surface area (Å²) in [7, 11) is 3.81. The van der Waals surface area contributed by atoms with Crippen molar-refractivity contribution in [3.8, 4) is 0 Å². The van der Waals surface area contributed by atoms with E-state index < -0.39 is 115 Å². The lowest BCUT2D eigenvalue weighted by molar-refractivity contribution is -0.154. The molecule has 24 nitrogen and oxygen atoms in total. The van der Waals surface area contributed by atoms with Crippen LogP contribution in [0.5, 0.6) is 0 Å². The summed E-state index contributed by atoms with van der Waals surface area (Å²) in [5, 5.41) is 50.4. The van der Waals surface area contributed by atoms with E-state index in [0.717, 1.165) is 21.6 Å². The van der Waals surface area contributed by atoms with E-state index in [-0.39, 0.29) is 88.8 Å². The normalized spacial score (nSPS) is 13.7. The van der Waals surface area contributed by atoms with Gasteiger partial charge in [0.25, 0.3) is 6.47 Å². The van der Waals surface area contributed by atoms with Crippen molar-refractivity contribution in [2.75, 3.05) is 39.7 Å². The number of nitrogens with one attached hydrogen (secondary N) is 5. The maximum absolute atomic E-state index is 14.2. The van der Waals surface area contributed by atoms with Gasteiger partial charge in [-0.3, -0.25) is 43.2 Å². The molecular formula is C49H67N7O17S. The van der Waals surface area contributed by atoms with Gasteiger partial charge in [-0.05, 0) is 56.5 Å². The van der Waals surface area contributed by atoms with Gasteiger partial charge in [-0.2, -0.15) is 11.8 Å². The summed E-state index contributed by atoms with van der Waals surface area (Å²) >= 11 is 1.15. The SMILES string of the molecule is CN[C@@H](CNC(=O)[C@@H](CC(=O)[C@H](Cc1ccccc1)NC(=O)CCCCC(=O)CC[C@H](NC(=O)N[C@@H](CCC(=O)O)OC=O)C(=O)O)Cc1ccccc1)C(=O)N(C)[C@@H](CC(=O)O)C(=O)N(C)[C@@H](CSC)C(=O)O. The van der Waals surface area contributed by atoms with Gasteiger partial charge in [0.2, 0.25) is 23.6 Å². The third kappa shape index (κ3) is 23.0. The molecule has 0 spiro atoms. The van der Waals surface area contributed by atoms with Crippen LogP contribution in [-0.2, 0) is 70.3 Å². The fourth-order valence-electron chi connectivity index (χ4n) is 7.55. The second kappa shape index (κ2) is 33.3. The van der Waals surface area contributed by atoms with E-state index >= 15 is 0 Å². The van der Waals surface area contributed by atoms with Crippen molar-refractivity contribution in [3.63, 3.8) is 0 Å². The average molecular weight is 1060 g/mol. The molecule has 0 bridgehead atoms. The lowest BCUT2D eigenvalue weighted by Crippen LogP contribution is -2.58. The van der Waals surface area contributed by atoms with Crippen LogP contribution in [0.3, 0.4) is 0 Å². The predicted octanol–water partition coefficient (Wildman–Crippen LogP) is 0.839. The van der Waals surface area contributed by atoms with E-state index in [1.165, 1.54) is 21.1 Å². The van der Waals surface area contributed by atoms with Crippen molar-refractivity contribution in [1.82, 2.24) is 36.4 Å². The van der Waals surface area contributed by atoms with Gasteiger partial charge in [0.15, 0.2) is 12.0 Å². The van der Waals surface area contributed by atoms with E-state index in [9.17, 15) is 72.9 Å². The Kier molecular flexibility index (Phi) is 28.3. The molecule has 0 aromatic heterocycles. The number of Topliss-reactive ketones (excluding diaryl/α,β-unsaturated/α-hetero) is 2. The number of ether oxygens (including phenoxy) is 1. The van der Waals surface area contributed by atoms with E-state index in [0.29, 0.717) is 11.1 Å². The number of likely N-dealkylation sites (N-methyl/N-ethyl adjacent to an activating group) is 3. The first kappa shape index (κ1) is 62.7. The fourth-order valence-corrected chi connectivity index (χ4v) is 8.23. The Morgan fingerprint density at radius 1 is 0.649 bits per heavy atom. The molecule has 6 amide bonds.